The first-order valence-electron chi connectivity index (χ1n) is 6.87. The molecule has 2 aromatic rings. The molecule has 3 rings (SSSR count). The van der Waals surface area contributed by atoms with Crippen LogP contribution >= 0.6 is 27.5 Å². The van der Waals surface area contributed by atoms with Crippen molar-refractivity contribution in [2.75, 3.05) is 0 Å². The molecule has 1 aliphatic rings. The molecule has 5 atom stereocenters. The van der Waals surface area contributed by atoms with Crippen LogP contribution in [0.2, 0.25) is 0 Å². The number of carboxylic acids is 1. The van der Waals surface area contributed by atoms with Crippen LogP contribution < -0.4 is 0 Å². The topological polar surface area (TPSA) is 153 Å². The number of benzene rings is 1. The number of para-hydroxylation sites is 1. The van der Waals surface area contributed by atoms with Gasteiger partial charge in [-0.2, -0.15) is 0 Å². The molecule has 0 bridgehead atoms. The Bertz CT molecular complexity index is 859. The van der Waals surface area contributed by atoms with Gasteiger partial charge in [-0.25, -0.2) is 4.79 Å². The predicted molar refractivity (Wildman–Crippen MR) is 94.1 cm³/mol. The van der Waals surface area contributed by atoms with E-state index < -0.39 is 33.7 Å². The molecular weight excluding hydrogens is 449 g/mol. The summed E-state index contributed by atoms with van der Waals surface area (Å²) in [7, 11) is 0. The van der Waals surface area contributed by atoms with Gasteiger partial charge in [0.2, 0.25) is 21.4 Å². The third-order valence-corrected chi connectivity index (χ3v) is 5.95. The number of rotatable bonds is 2. The van der Waals surface area contributed by atoms with Crippen molar-refractivity contribution in [1.82, 2.24) is 4.57 Å². The van der Waals surface area contributed by atoms with Gasteiger partial charge in [0.1, 0.15) is 5.75 Å². The molecule has 12 heteroatoms. The van der Waals surface area contributed by atoms with Crippen LogP contribution in [0.15, 0.2) is 30.5 Å². The van der Waals surface area contributed by atoms with Gasteiger partial charge in [-0.15, -0.1) is 0 Å². The molecule has 6 N–H and O–H groups in total. The van der Waals surface area contributed by atoms with Gasteiger partial charge >= 0.3 is 35.5 Å². The first-order valence-corrected chi connectivity index (χ1v) is 8.04. The summed E-state index contributed by atoms with van der Waals surface area (Å²) in [6, 6.07) is 6.01. The minimum absolute atomic E-state index is 0. The molecule has 0 aliphatic carbocycles. The van der Waals surface area contributed by atoms with Gasteiger partial charge in [-0.1, -0.05) is 23.7 Å². The summed E-state index contributed by atoms with van der Waals surface area (Å²) in [6.45, 7) is 0. The van der Waals surface area contributed by atoms with E-state index in [1.54, 1.807) is 6.07 Å². The normalized spacial score (nSPS) is 37.3. The van der Waals surface area contributed by atoms with Crippen LogP contribution in [0.25, 0.3) is 10.9 Å². The van der Waals surface area contributed by atoms with Crippen molar-refractivity contribution in [3.05, 3.63) is 30.5 Å². The third-order valence-electron chi connectivity index (χ3n) is 4.19. The van der Waals surface area contributed by atoms with E-state index in [1.165, 1.54) is 18.2 Å². The monoisotopic (exact) mass is 461 g/mol. The van der Waals surface area contributed by atoms with Gasteiger partial charge < -0.3 is 39.9 Å². The Kier molecular flexibility index (Phi) is 5.80. The van der Waals surface area contributed by atoms with Crippen LogP contribution in [0.5, 0.6) is 5.75 Å². The summed E-state index contributed by atoms with van der Waals surface area (Å²) >= 11 is 8.52. The van der Waals surface area contributed by atoms with E-state index in [0.29, 0.717) is 0 Å². The number of aliphatic carboxylic acids is 1. The third kappa shape index (κ3) is 2.72. The van der Waals surface area contributed by atoms with Gasteiger partial charge in [0.05, 0.1) is 5.52 Å². The second kappa shape index (κ2) is 6.89. The van der Waals surface area contributed by atoms with Crippen LogP contribution in [-0.4, -0.2) is 92.7 Å². The molecule has 0 saturated carbocycles. The Morgan fingerprint density at radius 3 is 2.42 bits per heavy atom. The number of aliphatic hydroxyl groups is 4. The minimum atomic E-state index is -3.19. The summed E-state index contributed by atoms with van der Waals surface area (Å²) in [5, 5.41) is 58.3. The van der Waals surface area contributed by atoms with Crippen molar-refractivity contribution in [1.29, 1.82) is 0 Å². The van der Waals surface area contributed by atoms with Crippen LogP contribution in [-0.2, 0) is 15.3 Å². The standard InChI is InChI=1S/C14H13BrClNO8.Na.H/c15-12(22)11(21)25-9(10(19)20)13(23,14(12,16)24)17-5-8(18)6-3-1-2-4-7(6)17;;/h1-5,9,11,18,21-24H,(H,19,20);;/t9-,11-,12+,13-,14-;;/m1../s1. The molecule has 0 spiro atoms. The molecule has 0 unspecified atom stereocenters. The molecule has 9 nitrogen and oxygen atoms in total. The number of aromatic nitrogens is 1. The number of nitrogens with zero attached hydrogens (tertiary/aromatic N) is 1. The Morgan fingerprint density at radius 1 is 1.27 bits per heavy atom. The zero-order chi connectivity index (χ0) is 18.8. The van der Waals surface area contributed by atoms with E-state index >= 15 is 0 Å². The maximum absolute atomic E-state index is 11.6. The first-order chi connectivity index (χ1) is 11.5. The number of carbonyl (C=O) groups is 1. The van der Waals surface area contributed by atoms with E-state index in [-0.39, 0.29) is 46.2 Å². The van der Waals surface area contributed by atoms with Gasteiger partial charge in [-0.05, 0) is 28.1 Å². The summed E-state index contributed by atoms with van der Waals surface area (Å²) in [6.07, 6.45) is -3.65. The average Bonchev–Trinajstić information content (AvgIpc) is 2.87. The number of hydrogen-bond donors (Lipinski definition) is 6. The summed E-state index contributed by atoms with van der Waals surface area (Å²) in [4.78, 5) is 11.6. The number of alkyl halides is 2. The van der Waals surface area contributed by atoms with E-state index in [2.05, 4.69) is 15.9 Å². The van der Waals surface area contributed by atoms with Gasteiger partial charge in [-0.3, -0.25) is 0 Å². The van der Waals surface area contributed by atoms with Gasteiger partial charge in [0, 0.05) is 11.6 Å². The molecule has 2 heterocycles. The molecule has 0 amide bonds. The number of carboxylic acid groups (broad SMARTS) is 1. The summed E-state index contributed by atoms with van der Waals surface area (Å²) in [5.41, 5.74) is -2.94. The molecule has 26 heavy (non-hydrogen) atoms. The fourth-order valence-corrected chi connectivity index (χ4v) is 3.55. The number of hydrogen-bond acceptors (Lipinski definition) is 7. The molecule has 1 aliphatic heterocycles. The van der Waals surface area contributed by atoms with Crippen LogP contribution in [0, 0.1) is 0 Å². The molecular formula is C14H14BrClNNaO8. The Labute approximate surface area is 181 Å². The Balaban J connectivity index is 0.00000243. The van der Waals surface area contributed by atoms with E-state index in [9.17, 15) is 35.4 Å². The van der Waals surface area contributed by atoms with Crippen LogP contribution in [0.4, 0.5) is 0 Å². The first kappa shape index (κ1) is 21.9. The van der Waals surface area contributed by atoms with E-state index in [4.69, 9.17) is 16.3 Å². The molecule has 1 aromatic heterocycles. The van der Waals surface area contributed by atoms with E-state index in [1.807, 2.05) is 0 Å². The SMILES string of the molecule is O=C(O)[C@H]1O[C@@H](O)[C@@](O)(Br)[C@](O)(Cl)[C@@]1(O)n1cc(O)c2ccccc21.[NaH]. The van der Waals surface area contributed by atoms with Crippen LogP contribution in [0.1, 0.15) is 0 Å². The second-order valence-electron chi connectivity index (χ2n) is 5.63. The summed E-state index contributed by atoms with van der Waals surface area (Å²) in [5.74, 6) is -2.12. The molecule has 1 saturated heterocycles. The second-order valence-corrected chi connectivity index (χ2v) is 7.39. The average molecular weight is 463 g/mol. The van der Waals surface area contributed by atoms with Crippen molar-refractivity contribution in [3.8, 4) is 5.75 Å². The van der Waals surface area contributed by atoms with Crippen molar-refractivity contribution >= 4 is 74.0 Å². The molecule has 138 valence electrons. The zero-order valence-electron chi connectivity index (χ0n) is 12.2. The fraction of sp³-hybridized carbons (Fsp3) is 0.357. The molecule has 1 fully saturated rings. The van der Waals surface area contributed by atoms with E-state index in [0.717, 1.165) is 10.8 Å². The number of ether oxygens (including phenoxy) is 1. The number of aromatic hydroxyl groups is 1. The zero-order valence-corrected chi connectivity index (χ0v) is 14.6. The quantitative estimate of drug-likeness (QED) is 0.249. The number of halogens is 2. The van der Waals surface area contributed by atoms with Gasteiger partial charge in [0.15, 0.2) is 6.29 Å². The van der Waals surface area contributed by atoms with Crippen molar-refractivity contribution in [3.63, 3.8) is 0 Å². The fourth-order valence-electron chi connectivity index (χ4n) is 2.87. The molecule has 0 radical (unpaired) electrons. The Hall–Kier alpha value is -0.400. The predicted octanol–water partition coefficient (Wildman–Crippen LogP) is -0.844. The maximum atomic E-state index is 11.6. The van der Waals surface area contributed by atoms with Crippen LogP contribution in [0.3, 0.4) is 0 Å². The van der Waals surface area contributed by atoms with Crippen molar-refractivity contribution in [2.45, 2.75) is 27.7 Å². The number of fused-ring (bicyclic) bond motifs is 1. The molecule has 1 aromatic carbocycles. The number of aliphatic hydroxyl groups excluding tert-OH is 1. The summed E-state index contributed by atoms with van der Waals surface area (Å²) < 4.78 is 2.71. The Morgan fingerprint density at radius 2 is 1.85 bits per heavy atom. The van der Waals surface area contributed by atoms with Gasteiger partial charge in [0.25, 0.3) is 0 Å². The van der Waals surface area contributed by atoms with Crippen molar-refractivity contribution < 1.29 is 40.2 Å². The van der Waals surface area contributed by atoms with Crippen molar-refractivity contribution in [2.24, 2.45) is 0 Å².